The number of carbonyl (C=O) groups excluding carboxylic acids is 1. The van der Waals surface area contributed by atoms with Crippen molar-refractivity contribution in [2.75, 3.05) is 26.9 Å². The Hall–Kier alpha value is -2.19. The van der Waals surface area contributed by atoms with Gasteiger partial charge in [0.1, 0.15) is 12.4 Å². The van der Waals surface area contributed by atoms with Crippen LogP contribution in [0.3, 0.4) is 0 Å². The summed E-state index contributed by atoms with van der Waals surface area (Å²) in [5.41, 5.74) is 1.73. The summed E-state index contributed by atoms with van der Waals surface area (Å²) in [6.07, 6.45) is 0.139. The molecule has 1 fully saturated rings. The van der Waals surface area contributed by atoms with Gasteiger partial charge in [-0.25, -0.2) is 4.79 Å². The maximum Gasteiger partial charge on any atom is 0.410 e. The second-order valence-corrected chi connectivity index (χ2v) is 4.35. The minimum absolute atomic E-state index is 0.0363. The first-order chi connectivity index (χ1) is 9.74. The van der Waals surface area contributed by atoms with Gasteiger partial charge in [-0.1, -0.05) is 17.9 Å². The molecule has 1 saturated heterocycles. The minimum atomic E-state index is -0.284. The second kappa shape index (κ2) is 6.83. The van der Waals surface area contributed by atoms with Gasteiger partial charge in [-0.3, -0.25) is 0 Å². The molecule has 0 saturated carbocycles. The Bertz CT molecular complexity index is 545. The smallest absolute Gasteiger partial charge is 0.410 e. The van der Waals surface area contributed by atoms with Crippen molar-refractivity contribution in [2.24, 2.45) is 0 Å². The van der Waals surface area contributed by atoms with Crippen LogP contribution in [0.1, 0.15) is 17.5 Å². The van der Waals surface area contributed by atoms with E-state index in [1.807, 2.05) is 18.2 Å². The Labute approximate surface area is 118 Å². The van der Waals surface area contributed by atoms with Crippen LogP contribution in [0.25, 0.3) is 0 Å². The number of carbonyl (C=O) groups is 1. The molecule has 20 heavy (non-hydrogen) atoms. The van der Waals surface area contributed by atoms with E-state index in [1.54, 1.807) is 12.0 Å². The number of rotatable bonds is 4. The van der Waals surface area contributed by atoms with Crippen molar-refractivity contribution in [1.82, 2.24) is 4.90 Å². The third-order valence-corrected chi connectivity index (χ3v) is 2.94. The van der Waals surface area contributed by atoms with Crippen LogP contribution in [0.2, 0.25) is 0 Å². The van der Waals surface area contributed by atoms with Gasteiger partial charge in [0.05, 0.1) is 25.8 Å². The molecule has 0 spiro atoms. The van der Waals surface area contributed by atoms with Crippen molar-refractivity contribution in [3.8, 4) is 17.6 Å². The Morgan fingerprint density at radius 3 is 3.00 bits per heavy atom. The maximum atomic E-state index is 11.4. The molecule has 5 nitrogen and oxygen atoms in total. The Morgan fingerprint density at radius 2 is 2.35 bits per heavy atom. The fourth-order valence-corrected chi connectivity index (χ4v) is 1.95. The van der Waals surface area contributed by atoms with E-state index in [0.717, 1.165) is 11.1 Å². The Morgan fingerprint density at radius 1 is 1.50 bits per heavy atom. The van der Waals surface area contributed by atoms with Crippen LogP contribution in [0, 0.1) is 11.8 Å². The van der Waals surface area contributed by atoms with Crippen LogP contribution in [-0.4, -0.2) is 43.0 Å². The molecule has 0 atom stereocenters. The lowest BCUT2D eigenvalue weighted by Crippen LogP contribution is -2.23. The highest BCUT2D eigenvalue weighted by Crippen LogP contribution is 2.20. The number of nitrogens with zero attached hydrogens (tertiary/aromatic N) is 1. The fraction of sp³-hybridized carbons (Fsp3) is 0.400. The third kappa shape index (κ3) is 3.43. The summed E-state index contributed by atoms with van der Waals surface area (Å²) < 4.78 is 10.2. The van der Waals surface area contributed by atoms with E-state index in [2.05, 4.69) is 11.8 Å². The van der Waals surface area contributed by atoms with E-state index in [9.17, 15) is 4.79 Å². The van der Waals surface area contributed by atoms with Gasteiger partial charge in [0.2, 0.25) is 0 Å². The molecule has 106 valence electrons. The molecule has 1 aliphatic heterocycles. The highest BCUT2D eigenvalue weighted by Gasteiger charge is 2.21. The second-order valence-electron chi connectivity index (χ2n) is 4.35. The first-order valence-corrected chi connectivity index (χ1v) is 6.43. The van der Waals surface area contributed by atoms with Gasteiger partial charge in [0, 0.05) is 13.0 Å². The Balaban J connectivity index is 2.16. The van der Waals surface area contributed by atoms with Crippen molar-refractivity contribution in [3.63, 3.8) is 0 Å². The average Bonchev–Trinajstić information content (AvgIpc) is 2.85. The van der Waals surface area contributed by atoms with E-state index in [0.29, 0.717) is 31.9 Å². The molecule has 1 aromatic rings. The van der Waals surface area contributed by atoms with Crippen LogP contribution in [0.5, 0.6) is 5.75 Å². The molecule has 5 heteroatoms. The molecule has 1 aromatic carbocycles. The van der Waals surface area contributed by atoms with E-state index >= 15 is 0 Å². The van der Waals surface area contributed by atoms with Gasteiger partial charge >= 0.3 is 6.09 Å². The predicted octanol–water partition coefficient (Wildman–Crippen LogP) is 1.38. The van der Waals surface area contributed by atoms with Crippen molar-refractivity contribution in [3.05, 3.63) is 29.3 Å². The number of ether oxygens (including phenoxy) is 2. The summed E-state index contributed by atoms with van der Waals surface area (Å²) in [7, 11) is 1.59. The van der Waals surface area contributed by atoms with E-state index < -0.39 is 0 Å². The van der Waals surface area contributed by atoms with Gasteiger partial charge in [-0.15, -0.1) is 0 Å². The normalized spacial score (nSPS) is 13.7. The molecule has 1 amide bonds. The van der Waals surface area contributed by atoms with E-state index in [1.165, 1.54) is 0 Å². The molecular formula is C15H17NO4. The summed E-state index contributed by atoms with van der Waals surface area (Å²) >= 11 is 0. The minimum Gasteiger partial charge on any atom is -0.495 e. The maximum absolute atomic E-state index is 11.4. The summed E-state index contributed by atoms with van der Waals surface area (Å²) in [4.78, 5) is 13.1. The first kappa shape index (κ1) is 14.2. The number of hydrogen-bond acceptors (Lipinski definition) is 4. The number of benzene rings is 1. The van der Waals surface area contributed by atoms with Crippen molar-refractivity contribution in [1.29, 1.82) is 0 Å². The number of aliphatic hydroxyl groups is 1. The standard InChI is InChI=1S/C15H17NO4/c1-19-14-6-5-12(10-13(14)4-2-3-8-17)11-16-7-9-20-15(16)18/h5-6,10,17H,3,7-9,11H2,1H3. The molecular weight excluding hydrogens is 258 g/mol. The molecule has 0 radical (unpaired) electrons. The summed E-state index contributed by atoms with van der Waals surface area (Å²) in [5, 5.41) is 8.75. The zero-order chi connectivity index (χ0) is 14.4. The third-order valence-electron chi connectivity index (χ3n) is 2.94. The summed E-state index contributed by atoms with van der Waals surface area (Å²) in [6.45, 7) is 1.58. The molecule has 1 heterocycles. The van der Waals surface area contributed by atoms with E-state index in [4.69, 9.17) is 14.6 Å². The van der Waals surface area contributed by atoms with Crippen LogP contribution in [-0.2, 0) is 11.3 Å². The van der Waals surface area contributed by atoms with Gasteiger partial charge in [0.25, 0.3) is 0 Å². The summed E-state index contributed by atoms with van der Waals surface area (Å²) in [6, 6.07) is 5.64. The lowest BCUT2D eigenvalue weighted by atomic mass is 10.1. The van der Waals surface area contributed by atoms with E-state index in [-0.39, 0.29) is 12.7 Å². The Kier molecular flexibility index (Phi) is 4.85. The number of aliphatic hydroxyl groups excluding tert-OH is 1. The largest absolute Gasteiger partial charge is 0.495 e. The van der Waals surface area contributed by atoms with Crippen LogP contribution in [0.15, 0.2) is 18.2 Å². The molecule has 0 aliphatic carbocycles. The van der Waals surface area contributed by atoms with Crippen LogP contribution < -0.4 is 4.74 Å². The highest BCUT2D eigenvalue weighted by molar-refractivity contribution is 5.69. The predicted molar refractivity (Wildman–Crippen MR) is 73.3 cm³/mol. The molecule has 2 rings (SSSR count). The summed E-state index contributed by atoms with van der Waals surface area (Å²) in [5.74, 6) is 6.53. The zero-order valence-corrected chi connectivity index (χ0v) is 11.4. The lowest BCUT2D eigenvalue weighted by Gasteiger charge is -2.13. The van der Waals surface area contributed by atoms with Gasteiger partial charge in [-0.05, 0) is 17.7 Å². The van der Waals surface area contributed by atoms with Gasteiger partial charge in [-0.2, -0.15) is 0 Å². The highest BCUT2D eigenvalue weighted by atomic mass is 16.6. The van der Waals surface area contributed by atoms with Crippen molar-refractivity contribution >= 4 is 6.09 Å². The number of hydrogen-bond donors (Lipinski definition) is 1. The van der Waals surface area contributed by atoms with Crippen molar-refractivity contribution < 1.29 is 19.4 Å². The number of methoxy groups -OCH3 is 1. The topological polar surface area (TPSA) is 59.0 Å². The van der Waals surface area contributed by atoms with Crippen molar-refractivity contribution in [2.45, 2.75) is 13.0 Å². The molecule has 0 aromatic heterocycles. The van der Waals surface area contributed by atoms with Gasteiger partial charge < -0.3 is 19.5 Å². The molecule has 0 bridgehead atoms. The molecule has 1 aliphatic rings. The number of amides is 1. The average molecular weight is 275 g/mol. The SMILES string of the molecule is COc1ccc(CN2CCOC2=O)cc1C#CCCO. The van der Waals surface area contributed by atoms with Crippen LogP contribution in [0.4, 0.5) is 4.79 Å². The first-order valence-electron chi connectivity index (χ1n) is 6.43. The molecule has 1 N–H and O–H groups in total. The fourth-order valence-electron chi connectivity index (χ4n) is 1.95. The van der Waals surface area contributed by atoms with Crippen LogP contribution >= 0.6 is 0 Å². The zero-order valence-electron chi connectivity index (χ0n) is 11.4. The molecule has 0 unspecified atom stereocenters. The quantitative estimate of drug-likeness (QED) is 0.843. The number of cyclic esters (lactones) is 1. The lowest BCUT2D eigenvalue weighted by molar-refractivity contribution is 0.157. The van der Waals surface area contributed by atoms with Gasteiger partial charge in [0.15, 0.2) is 0 Å². The monoisotopic (exact) mass is 275 g/mol.